The van der Waals surface area contributed by atoms with Gasteiger partial charge in [-0.15, -0.1) is 0 Å². The number of aryl methyl sites for hydroxylation is 1. The summed E-state index contributed by atoms with van der Waals surface area (Å²) in [6.07, 6.45) is 10.9. The third-order valence-corrected chi connectivity index (χ3v) is 5.49. The van der Waals surface area contributed by atoms with Gasteiger partial charge in [0.25, 0.3) is 0 Å². The van der Waals surface area contributed by atoms with Crippen molar-refractivity contribution in [3.8, 4) is 0 Å². The van der Waals surface area contributed by atoms with Crippen LogP contribution in [0.25, 0.3) is 0 Å². The lowest BCUT2D eigenvalue weighted by molar-refractivity contribution is 0.309. The van der Waals surface area contributed by atoms with Crippen LogP contribution in [0.15, 0.2) is 18.2 Å². The van der Waals surface area contributed by atoms with Gasteiger partial charge >= 0.3 is 0 Å². The van der Waals surface area contributed by atoms with E-state index < -0.39 is 0 Å². The predicted octanol–water partition coefficient (Wildman–Crippen LogP) is 5.28. The summed E-state index contributed by atoms with van der Waals surface area (Å²) in [6, 6.07) is 7.59. The molecule has 0 saturated heterocycles. The average Bonchev–Trinajstić information content (AvgIpc) is 2.66. The minimum Gasteiger partial charge on any atom is -0.307 e. The Morgan fingerprint density at radius 3 is 2.60 bits per heavy atom. The number of nitrogens with one attached hydrogen (secondary N) is 1. The Labute approximate surface area is 128 Å². The minimum absolute atomic E-state index is 0.542. The lowest BCUT2D eigenvalue weighted by Gasteiger charge is -2.27. The van der Waals surface area contributed by atoms with Crippen LogP contribution in [0, 0.1) is 5.92 Å². The lowest BCUT2D eigenvalue weighted by atomic mass is 9.92. The Hall–Kier alpha value is -0.530. The maximum Gasteiger partial charge on any atom is 0.0408 e. The third kappa shape index (κ3) is 3.20. The van der Waals surface area contributed by atoms with E-state index >= 15 is 0 Å². The van der Waals surface area contributed by atoms with E-state index in [1.54, 1.807) is 0 Å². The van der Waals surface area contributed by atoms with Crippen molar-refractivity contribution in [1.29, 1.82) is 0 Å². The van der Waals surface area contributed by atoms with E-state index in [2.05, 4.69) is 24.4 Å². The van der Waals surface area contributed by atoms with Gasteiger partial charge in [-0.1, -0.05) is 43.4 Å². The average molecular weight is 292 g/mol. The highest BCUT2D eigenvalue weighted by molar-refractivity contribution is 6.30. The van der Waals surface area contributed by atoms with Gasteiger partial charge in [0.2, 0.25) is 0 Å². The van der Waals surface area contributed by atoms with E-state index in [4.69, 9.17) is 11.6 Å². The first-order valence-electron chi connectivity index (χ1n) is 8.28. The summed E-state index contributed by atoms with van der Waals surface area (Å²) in [6.45, 7) is 2.39. The van der Waals surface area contributed by atoms with E-state index in [0.29, 0.717) is 12.1 Å². The molecule has 3 rings (SSSR count). The van der Waals surface area contributed by atoms with Crippen LogP contribution in [0.3, 0.4) is 0 Å². The fraction of sp³-hybridized carbons (Fsp3) is 0.667. The van der Waals surface area contributed by atoms with Crippen molar-refractivity contribution in [3.63, 3.8) is 0 Å². The molecule has 2 heteroatoms. The molecule has 0 amide bonds. The number of hydrogen-bond donors (Lipinski definition) is 1. The summed E-state index contributed by atoms with van der Waals surface area (Å²) in [4.78, 5) is 0. The van der Waals surface area contributed by atoms with Gasteiger partial charge in [-0.25, -0.2) is 0 Å². The van der Waals surface area contributed by atoms with E-state index in [9.17, 15) is 0 Å². The summed E-state index contributed by atoms with van der Waals surface area (Å²) in [7, 11) is 0. The molecule has 2 atom stereocenters. The minimum atomic E-state index is 0.542. The first-order chi connectivity index (χ1) is 9.74. The van der Waals surface area contributed by atoms with Gasteiger partial charge in [-0.3, -0.25) is 0 Å². The normalized spacial score (nSPS) is 25.2. The molecular formula is C18H26ClN. The van der Waals surface area contributed by atoms with Crippen LogP contribution in [-0.2, 0) is 6.42 Å². The Balaban J connectivity index is 1.64. The molecule has 0 aliphatic heterocycles. The first kappa shape index (κ1) is 14.4. The zero-order chi connectivity index (χ0) is 13.9. The molecule has 0 radical (unpaired) electrons. The van der Waals surface area contributed by atoms with Gasteiger partial charge in [0.1, 0.15) is 0 Å². The molecule has 0 aromatic heterocycles. The van der Waals surface area contributed by atoms with Crippen LogP contribution >= 0.6 is 11.6 Å². The van der Waals surface area contributed by atoms with Gasteiger partial charge < -0.3 is 5.32 Å². The van der Waals surface area contributed by atoms with Gasteiger partial charge in [0.15, 0.2) is 0 Å². The van der Waals surface area contributed by atoms with Gasteiger partial charge in [0, 0.05) is 17.1 Å². The van der Waals surface area contributed by atoms with Crippen LogP contribution in [0.5, 0.6) is 0 Å². The molecule has 0 spiro atoms. The van der Waals surface area contributed by atoms with Crippen molar-refractivity contribution >= 4 is 11.6 Å². The molecule has 20 heavy (non-hydrogen) atoms. The zero-order valence-corrected chi connectivity index (χ0v) is 13.3. The predicted molar refractivity (Wildman–Crippen MR) is 86.3 cm³/mol. The highest BCUT2D eigenvalue weighted by Crippen LogP contribution is 2.34. The maximum atomic E-state index is 6.10. The second kappa shape index (κ2) is 6.49. The number of halogens is 1. The molecular weight excluding hydrogens is 266 g/mol. The molecule has 2 aliphatic rings. The molecule has 2 aliphatic carbocycles. The Kier molecular flexibility index (Phi) is 4.68. The van der Waals surface area contributed by atoms with Crippen LogP contribution in [0.4, 0.5) is 0 Å². The zero-order valence-electron chi connectivity index (χ0n) is 12.5. The fourth-order valence-electron chi connectivity index (χ4n) is 4.02. The molecule has 1 saturated carbocycles. The molecule has 1 fully saturated rings. The van der Waals surface area contributed by atoms with E-state index in [0.717, 1.165) is 10.9 Å². The number of rotatable bonds is 3. The van der Waals surface area contributed by atoms with E-state index in [1.165, 1.54) is 62.5 Å². The quantitative estimate of drug-likeness (QED) is 0.748. The topological polar surface area (TPSA) is 12.0 Å². The SMILES string of the molecule is C[C@@H](NC1CCc2cc(Cl)ccc21)C1CCCCCC1. The Morgan fingerprint density at radius 1 is 1.10 bits per heavy atom. The largest absolute Gasteiger partial charge is 0.307 e. The Morgan fingerprint density at radius 2 is 1.85 bits per heavy atom. The van der Waals surface area contributed by atoms with Crippen molar-refractivity contribution in [2.45, 2.75) is 70.4 Å². The molecule has 1 aromatic rings. The summed E-state index contributed by atoms with van der Waals surface area (Å²) in [5.74, 6) is 0.869. The molecule has 1 nitrogen and oxygen atoms in total. The molecule has 0 heterocycles. The highest BCUT2D eigenvalue weighted by atomic mass is 35.5. The molecule has 110 valence electrons. The first-order valence-corrected chi connectivity index (χ1v) is 8.66. The third-order valence-electron chi connectivity index (χ3n) is 5.25. The number of fused-ring (bicyclic) bond motifs is 1. The summed E-state index contributed by atoms with van der Waals surface area (Å²) >= 11 is 6.10. The molecule has 1 unspecified atom stereocenters. The smallest absolute Gasteiger partial charge is 0.0408 e. The monoisotopic (exact) mass is 291 g/mol. The van der Waals surface area contributed by atoms with Crippen molar-refractivity contribution in [3.05, 3.63) is 34.3 Å². The second-order valence-corrected chi connectivity index (χ2v) is 7.08. The van der Waals surface area contributed by atoms with Crippen LogP contribution in [0.2, 0.25) is 5.02 Å². The van der Waals surface area contributed by atoms with Crippen LogP contribution in [-0.4, -0.2) is 6.04 Å². The summed E-state index contributed by atoms with van der Waals surface area (Å²) < 4.78 is 0. The van der Waals surface area contributed by atoms with Crippen LogP contribution < -0.4 is 5.32 Å². The van der Waals surface area contributed by atoms with Gasteiger partial charge in [0.05, 0.1) is 0 Å². The van der Waals surface area contributed by atoms with Crippen molar-refractivity contribution in [2.24, 2.45) is 5.92 Å². The number of hydrogen-bond acceptors (Lipinski definition) is 1. The van der Waals surface area contributed by atoms with Crippen molar-refractivity contribution in [1.82, 2.24) is 5.32 Å². The molecule has 1 aromatic carbocycles. The van der Waals surface area contributed by atoms with E-state index in [-0.39, 0.29) is 0 Å². The highest BCUT2D eigenvalue weighted by Gasteiger charge is 2.26. The maximum absolute atomic E-state index is 6.10. The Bertz CT molecular complexity index is 449. The van der Waals surface area contributed by atoms with E-state index in [1.807, 2.05) is 6.07 Å². The lowest BCUT2D eigenvalue weighted by Crippen LogP contribution is -2.35. The van der Waals surface area contributed by atoms with Crippen molar-refractivity contribution < 1.29 is 0 Å². The van der Waals surface area contributed by atoms with Gasteiger partial charge in [-0.05, 0) is 61.8 Å². The van der Waals surface area contributed by atoms with Crippen LogP contribution in [0.1, 0.15) is 69.0 Å². The number of benzene rings is 1. The molecule has 0 bridgehead atoms. The standard InChI is InChI=1S/C18H26ClN/c1-13(14-6-4-2-3-5-7-14)20-18-11-8-15-12-16(19)9-10-17(15)18/h9-10,12-14,18,20H,2-8,11H2,1H3/t13-,18?/m1/s1. The second-order valence-electron chi connectivity index (χ2n) is 6.64. The fourth-order valence-corrected chi connectivity index (χ4v) is 4.22. The summed E-state index contributed by atoms with van der Waals surface area (Å²) in [5.41, 5.74) is 2.93. The molecule has 1 N–H and O–H groups in total. The van der Waals surface area contributed by atoms with Gasteiger partial charge in [-0.2, -0.15) is 0 Å². The van der Waals surface area contributed by atoms with Crippen molar-refractivity contribution in [2.75, 3.05) is 0 Å². The summed E-state index contributed by atoms with van der Waals surface area (Å²) in [5, 5.41) is 4.79.